The highest BCUT2D eigenvalue weighted by atomic mass is 32.1. The number of carbonyl (C=O) groups is 1. The molecule has 1 heterocycles. The molecule has 0 aliphatic rings. The van der Waals surface area contributed by atoms with Gasteiger partial charge in [0.25, 0.3) is 0 Å². The Balaban J connectivity index is 2.48. The molecular formula is C9H16N4OS. The smallest absolute Gasteiger partial charge is 0.241 e. The summed E-state index contributed by atoms with van der Waals surface area (Å²) < 4.78 is 4.18. The van der Waals surface area contributed by atoms with Crippen LogP contribution in [0.4, 0.5) is 5.13 Å². The molecule has 6 heteroatoms. The number of likely N-dealkylation sites (N-methyl/N-ethyl adjacent to an activating group) is 1. The van der Waals surface area contributed by atoms with Crippen LogP contribution in [0.3, 0.4) is 0 Å². The molecule has 0 aliphatic heterocycles. The van der Waals surface area contributed by atoms with E-state index in [1.165, 1.54) is 16.4 Å². The molecule has 0 aromatic carbocycles. The van der Waals surface area contributed by atoms with E-state index in [1.54, 1.807) is 14.1 Å². The fraction of sp³-hybridized carbons (Fsp3) is 0.667. The van der Waals surface area contributed by atoms with Gasteiger partial charge in [0.2, 0.25) is 11.0 Å². The van der Waals surface area contributed by atoms with Gasteiger partial charge >= 0.3 is 0 Å². The zero-order valence-corrected chi connectivity index (χ0v) is 10.3. The van der Waals surface area contributed by atoms with E-state index in [4.69, 9.17) is 0 Å². The molecular weight excluding hydrogens is 212 g/mol. The zero-order chi connectivity index (χ0) is 11.4. The molecule has 0 spiro atoms. The first kappa shape index (κ1) is 11.9. The van der Waals surface area contributed by atoms with Crippen LogP contribution in [0.5, 0.6) is 0 Å². The van der Waals surface area contributed by atoms with E-state index in [2.05, 4.69) is 14.7 Å². The fourth-order valence-corrected chi connectivity index (χ4v) is 1.55. The Morgan fingerprint density at radius 1 is 1.53 bits per heavy atom. The third-order valence-electron chi connectivity index (χ3n) is 1.85. The number of carbonyl (C=O) groups excluding carboxylic acids is 1. The number of aromatic nitrogens is 2. The summed E-state index contributed by atoms with van der Waals surface area (Å²) >= 11 is 1.29. The Kier molecular flexibility index (Phi) is 4.02. The minimum absolute atomic E-state index is 0.0243. The van der Waals surface area contributed by atoms with Crippen LogP contribution in [-0.2, 0) is 4.79 Å². The molecule has 1 rings (SSSR count). The second-order valence-electron chi connectivity index (χ2n) is 3.75. The van der Waals surface area contributed by atoms with Gasteiger partial charge in [-0.15, -0.1) is 0 Å². The Labute approximate surface area is 93.7 Å². The van der Waals surface area contributed by atoms with E-state index < -0.39 is 0 Å². The largest absolute Gasteiger partial charge is 0.351 e. The Morgan fingerprint density at radius 2 is 2.20 bits per heavy atom. The highest BCUT2D eigenvalue weighted by Crippen LogP contribution is 2.16. The van der Waals surface area contributed by atoms with Crippen molar-refractivity contribution in [3.63, 3.8) is 0 Å². The minimum Gasteiger partial charge on any atom is -0.351 e. The number of anilines is 1. The van der Waals surface area contributed by atoms with E-state index in [0.29, 0.717) is 11.0 Å². The van der Waals surface area contributed by atoms with Crippen molar-refractivity contribution >= 4 is 22.6 Å². The predicted octanol–water partition coefficient (Wildman–Crippen LogP) is 1.16. The van der Waals surface area contributed by atoms with E-state index in [1.807, 2.05) is 13.8 Å². The van der Waals surface area contributed by atoms with Gasteiger partial charge in [-0.2, -0.15) is 4.37 Å². The van der Waals surface area contributed by atoms with Gasteiger partial charge in [0.1, 0.15) is 5.82 Å². The molecule has 1 aromatic rings. The summed E-state index contributed by atoms with van der Waals surface area (Å²) in [7, 11) is 3.45. The summed E-state index contributed by atoms with van der Waals surface area (Å²) in [4.78, 5) is 17.1. The van der Waals surface area contributed by atoms with E-state index in [9.17, 15) is 4.79 Å². The fourth-order valence-electron chi connectivity index (χ4n) is 0.851. The number of amides is 1. The summed E-state index contributed by atoms with van der Waals surface area (Å²) in [6.07, 6.45) is 0. The molecule has 84 valence electrons. The average Bonchev–Trinajstić information content (AvgIpc) is 2.62. The topological polar surface area (TPSA) is 58.1 Å². The molecule has 0 atom stereocenters. The molecule has 0 saturated heterocycles. The normalized spacial score (nSPS) is 10.5. The number of nitrogens with zero attached hydrogens (tertiary/aromatic N) is 3. The lowest BCUT2D eigenvalue weighted by molar-refractivity contribution is -0.126. The van der Waals surface area contributed by atoms with Crippen LogP contribution in [0.25, 0.3) is 0 Å². The van der Waals surface area contributed by atoms with Crippen molar-refractivity contribution < 1.29 is 4.79 Å². The Hall–Kier alpha value is -1.17. The molecule has 0 unspecified atom stereocenters. The first-order valence-electron chi connectivity index (χ1n) is 4.78. The number of nitrogens with one attached hydrogen (secondary N) is 1. The standard InChI is InChI=1S/C9H16N4OS/c1-6(2)8-11-9(15-12-8)10-5-7(14)13(3)4/h6H,5H2,1-4H3,(H,10,11,12). The molecule has 1 aromatic heterocycles. The molecule has 0 fully saturated rings. The second kappa shape index (κ2) is 5.06. The molecule has 15 heavy (non-hydrogen) atoms. The van der Waals surface area contributed by atoms with Gasteiger partial charge in [-0.1, -0.05) is 13.8 Å². The molecule has 5 nitrogen and oxygen atoms in total. The van der Waals surface area contributed by atoms with Crippen molar-refractivity contribution in [2.45, 2.75) is 19.8 Å². The van der Waals surface area contributed by atoms with Gasteiger partial charge in [-0.3, -0.25) is 4.79 Å². The maximum atomic E-state index is 11.3. The van der Waals surface area contributed by atoms with E-state index in [0.717, 1.165) is 5.82 Å². The van der Waals surface area contributed by atoms with Gasteiger partial charge in [-0.05, 0) is 0 Å². The molecule has 0 radical (unpaired) electrons. The third kappa shape index (κ3) is 3.47. The molecule has 0 saturated carbocycles. The summed E-state index contributed by atoms with van der Waals surface area (Å²) in [6.45, 7) is 4.34. The third-order valence-corrected chi connectivity index (χ3v) is 2.53. The van der Waals surface area contributed by atoms with Crippen LogP contribution in [0.1, 0.15) is 25.6 Å². The van der Waals surface area contributed by atoms with Crippen LogP contribution in [0.2, 0.25) is 0 Å². The average molecular weight is 228 g/mol. The number of hydrogen-bond acceptors (Lipinski definition) is 5. The first-order valence-corrected chi connectivity index (χ1v) is 5.55. The van der Waals surface area contributed by atoms with Crippen molar-refractivity contribution in [3.05, 3.63) is 5.82 Å². The Morgan fingerprint density at radius 3 is 2.67 bits per heavy atom. The monoisotopic (exact) mass is 228 g/mol. The lowest BCUT2D eigenvalue weighted by Gasteiger charge is -2.09. The van der Waals surface area contributed by atoms with Crippen molar-refractivity contribution in [2.75, 3.05) is 26.0 Å². The van der Waals surface area contributed by atoms with Crippen LogP contribution in [-0.4, -0.2) is 40.8 Å². The van der Waals surface area contributed by atoms with E-state index in [-0.39, 0.29) is 12.5 Å². The van der Waals surface area contributed by atoms with Crippen molar-refractivity contribution in [1.29, 1.82) is 0 Å². The van der Waals surface area contributed by atoms with Gasteiger partial charge in [0.15, 0.2) is 0 Å². The summed E-state index contributed by atoms with van der Waals surface area (Å²) in [5.41, 5.74) is 0. The van der Waals surface area contributed by atoms with Gasteiger partial charge < -0.3 is 10.2 Å². The predicted molar refractivity (Wildman–Crippen MR) is 61.2 cm³/mol. The van der Waals surface area contributed by atoms with Crippen LogP contribution >= 0.6 is 11.5 Å². The SMILES string of the molecule is CC(C)c1nsc(NCC(=O)N(C)C)n1. The maximum Gasteiger partial charge on any atom is 0.241 e. The molecule has 0 bridgehead atoms. The molecule has 0 aliphatic carbocycles. The highest BCUT2D eigenvalue weighted by molar-refractivity contribution is 7.09. The van der Waals surface area contributed by atoms with Crippen molar-refractivity contribution in [3.8, 4) is 0 Å². The lowest BCUT2D eigenvalue weighted by Crippen LogP contribution is -2.28. The van der Waals surface area contributed by atoms with Gasteiger partial charge in [0, 0.05) is 31.5 Å². The lowest BCUT2D eigenvalue weighted by atomic mass is 10.2. The van der Waals surface area contributed by atoms with Crippen LogP contribution in [0, 0.1) is 0 Å². The molecule has 1 amide bonds. The van der Waals surface area contributed by atoms with E-state index >= 15 is 0 Å². The maximum absolute atomic E-state index is 11.3. The zero-order valence-electron chi connectivity index (χ0n) is 9.44. The van der Waals surface area contributed by atoms with Crippen LogP contribution < -0.4 is 5.32 Å². The minimum atomic E-state index is 0.0243. The molecule has 1 N–H and O–H groups in total. The quantitative estimate of drug-likeness (QED) is 0.840. The summed E-state index contributed by atoms with van der Waals surface area (Å²) in [6, 6.07) is 0. The number of hydrogen-bond donors (Lipinski definition) is 1. The van der Waals surface area contributed by atoms with Crippen molar-refractivity contribution in [2.24, 2.45) is 0 Å². The van der Waals surface area contributed by atoms with Gasteiger partial charge in [0.05, 0.1) is 6.54 Å². The van der Waals surface area contributed by atoms with Crippen molar-refractivity contribution in [1.82, 2.24) is 14.3 Å². The van der Waals surface area contributed by atoms with Gasteiger partial charge in [-0.25, -0.2) is 4.98 Å². The number of rotatable bonds is 4. The first-order chi connectivity index (χ1) is 7.00. The summed E-state index contributed by atoms with van der Waals surface area (Å²) in [5.74, 6) is 1.16. The highest BCUT2D eigenvalue weighted by Gasteiger charge is 2.09. The Bertz CT molecular complexity index is 335. The summed E-state index contributed by atoms with van der Waals surface area (Å²) in [5, 5.41) is 3.66. The van der Waals surface area contributed by atoms with Crippen LogP contribution in [0.15, 0.2) is 0 Å². The second-order valence-corrected chi connectivity index (χ2v) is 4.51.